The molecule has 0 fully saturated rings. The number of benzene rings is 2. The van der Waals surface area contributed by atoms with Gasteiger partial charge in [0, 0.05) is 5.56 Å². The molecule has 2 aromatic rings. The third kappa shape index (κ3) is 4.19. The lowest BCUT2D eigenvalue weighted by Gasteiger charge is -2.19. The first-order valence-corrected chi connectivity index (χ1v) is 7.45. The second-order valence-electron chi connectivity index (χ2n) is 6.43. The Morgan fingerprint density at radius 3 is 2.00 bits per heavy atom. The highest BCUT2D eigenvalue weighted by Crippen LogP contribution is 2.23. The Kier molecular flexibility index (Phi) is 4.84. The Morgan fingerprint density at radius 2 is 1.52 bits per heavy atom. The molecule has 1 atom stereocenters. The summed E-state index contributed by atoms with van der Waals surface area (Å²) in [7, 11) is 0. The van der Waals surface area contributed by atoms with Crippen molar-refractivity contribution in [3.8, 4) is 0 Å². The molecule has 0 aliphatic carbocycles. The van der Waals surface area contributed by atoms with Crippen LogP contribution in [-0.4, -0.2) is 11.9 Å². The Bertz CT molecular complexity index is 685. The predicted octanol–water partition coefficient (Wildman–Crippen LogP) is 3.37. The lowest BCUT2D eigenvalue weighted by molar-refractivity contribution is -0.127. The van der Waals surface area contributed by atoms with Crippen LogP contribution in [0.15, 0.2) is 54.6 Å². The second-order valence-corrected chi connectivity index (χ2v) is 6.43. The van der Waals surface area contributed by atoms with E-state index in [-0.39, 0.29) is 5.41 Å². The van der Waals surface area contributed by atoms with Crippen molar-refractivity contribution in [1.29, 1.82) is 0 Å². The summed E-state index contributed by atoms with van der Waals surface area (Å²) in [4.78, 5) is 23.9. The first kappa shape index (κ1) is 16.7. The summed E-state index contributed by atoms with van der Waals surface area (Å²) < 4.78 is 5.30. The Hall–Kier alpha value is -2.62. The highest BCUT2D eigenvalue weighted by atomic mass is 16.5. The average molecular weight is 311 g/mol. The summed E-state index contributed by atoms with van der Waals surface area (Å²) in [5, 5.41) is 0. The lowest BCUT2D eigenvalue weighted by Crippen LogP contribution is -2.26. The maximum atomic E-state index is 12.3. The van der Waals surface area contributed by atoms with E-state index in [9.17, 15) is 9.59 Å². The van der Waals surface area contributed by atoms with Crippen molar-refractivity contribution in [2.24, 2.45) is 5.73 Å². The third-order valence-corrected chi connectivity index (χ3v) is 3.57. The zero-order chi connectivity index (χ0) is 17.0. The molecule has 23 heavy (non-hydrogen) atoms. The summed E-state index contributed by atoms with van der Waals surface area (Å²) in [6.07, 6.45) is -1.09. The Labute approximate surface area is 136 Å². The number of ether oxygens (including phenoxy) is 1. The molecule has 1 unspecified atom stereocenters. The van der Waals surface area contributed by atoms with Gasteiger partial charge in [0.05, 0.1) is 5.56 Å². The van der Waals surface area contributed by atoms with Gasteiger partial charge in [0.25, 0.3) is 5.91 Å². The normalized spacial score (nSPS) is 12.5. The van der Waals surface area contributed by atoms with E-state index in [0.29, 0.717) is 11.1 Å². The van der Waals surface area contributed by atoms with Gasteiger partial charge in [-0.15, -0.1) is 0 Å². The van der Waals surface area contributed by atoms with Crippen molar-refractivity contribution in [3.63, 3.8) is 0 Å². The number of hydrogen-bond donors (Lipinski definition) is 1. The van der Waals surface area contributed by atoms with Crippen molar-refractivity contribution in [3.05, 3.63) is 71.3 Å². The van der Waals surface area contributed by atoms with E-state index in [0.717, 1.165) is 5.56 Å². The van der Waals surface area contributed by atoms with Gasteiger partial charge < -0.3 is 10.5 Å². The number of carbonyl (C=O) groups excluding carboxylic acids is 2. The van der Waals surface area contributed by atoms with E-state index in [4.69, 9.17) is 10.5 Å². The number of hydrogen-bond acceptors (Lipinski definition) is 3. The molecular weight excluding hydrogens is 290 g/mol. The molecule has 4 heteroatoms. The molecule has 0 saturated heterocycles. The van der Waals surface area contributed by atoms with E-state index < -0.39 is 18.0 Å². The molecule has 0 aliphatic rings. The number of carbonyl (C=O) groups is 2. The highest BCUT2D eigenvalue weighted by Gasteiger charge is 2.23. The van der Waals surface area contributed by atoms with Gasteiger partial charge >= 0.3 is 5.97 Å². The largest absolute Gasteiger partial charge is 0.444 e. The molecule has 4 nitrogen and oxygen atoms in total. The summed E-state index contributed by atoms with van der Waals surface area (Å²) in [6, 6.07) is 15.9. The summed E-state index contributed by atoms with van der Waals surface area (Å²) in [5.41, 5.74) is 7.42. The fourth-order valence-corrected chi connectivity index (χ4v) is 2.20. The summed E-state index contributed by atoms with van der Waals surface area (Å²) in [6.45, 7) is 6.29. The molecule has 0 radical (unpaired) electrons. The zero-order valence-corrected chi connectivity index (χ0v) is 13.6. The molecule has 2 aromatic carbocycles. The van der Waals surface area contributed by atoms with E-state index in [2.05, 4.69) is 20.8 Å². The van der Waals surface area contributed by atoms with Crippen LogP contribution in [0.2, 0.25) is 0 Å². The molecule has 2 rings (SSSR count). The van der Waals surface area contributed by atoms with Crippen LogP contribution in [0.1, 0.15) is 48.4 Å². The van der Waals surface area contributed by atoms with Crippen LogP contribution in [0, 0.1) is 0 Å². The van der Waals surface area contributed by atoms with Crippen molar-refractivity contribution < 1.29 is 14.3 Å². The standard InChI is InChI=1S/C19H21NO3/c1-19(2,3)15-11-9-14(10-12-15)18(22)23-16(17(20)21)13-7-5-4-6-8-13/h4-12,16H,1-3H3,(H2,20,21). The second kappa shape index (κ2) is 6.65. The van der Waals surface area contributed by atoms with Crippen molar-refractivity contribution >= 4 is 11.9 Å². The van der Waals surface area contributed by atoms with Crippen LogP contribution < -0.4 is 5.73 Å². The average Bonchev–Trinajstić information content (AvgIpc) is 2.52. The molecule has 0 bridgehead atoms. The first-order valence-electron chi connectivity index (χ1n) is 7.45. The SMILES string of the molecule is CC(C)(C)c1ccc(C(=O)OC(C(N)=O)c2ccccc2)cc1. The number of esters is 1. The van der Waals surface area contributed by atoms with Crippen LogP contribution in [-0.2, 0) is 14.9 Å². The fourth-order valence-electron chi connectivity index (χ4n) is 2.20. The van der Waals surface area contributed by atoms with Crippen LogP contribution in [0.25, 0.3) is 0 Å². The van der Waals surface area contributed by atoms with Gasteiger partial charge in [0.2, 0.25) is 6.10 Å². The van der Waals surface area contributed by atoms with E-state index in [1.54, 1.807) is 36.4 Å². The Balaban J connectivity index is 2.18. The topological polar surface area (TPSA) is 69.4 Å². The van der Waals surface area contributed by atoms with Crippen molar-refractivity contribution in [2.75, 3.05) is 0 Å². The molecule has 0 saturated carbocycles. The zero-order valence-electron chi connectivity index (χ0n) is 13.6. The van der Waals surface area contributed by atoms with Crippen molar-refractivity contribution in [2.45, 2.75) is 32.3 Å². The molecule has 0 spiro atoms. The minimum Gasteiger partial charge on any atom is -0.444 e. The smallest absolute Gasteiger partial charge is 0.339 e. The van der Waals surface area contributed by atoms with E-state index in [1.165, 1.54) is 0 Å². The van der Waals surface area contributed by atoms with Gasteiger partial charge in [-0.2, -0.15) is 0 Å². The molecule has 2 N–H and O–H groups in total. The molecule has 1 amide bonds. The molecule has 0 heterocycles. The van der Waals surface area contributed by atoms with Gasteiger partial charge in [-0.05, 0) is 23.1 Å². The van der Waals surface area contributed by atoms with Crippen LogP contribution in [0.5, 0.6) is 0 Å². The maximum Gasteiger partial charge on any atom is 0.339 e. The van der Waals surface area contributed by atoms with Crippen LogP contribution >= 0.6 is 0 Å². The van der Waals surface area contributed by atoms with Gasteiger partial charge in [-0.1, -0.05) is 63.2 Å². The van der Waals surface area contributed by atoms with Crippen LogP contribution in [0.3, 0.4) is 0 Å². The Morgan fingerprint density at radius 1 is 0.957 bits per heavy atom. The monoisotopic (exact) mass is 311 g/mol. The van der Waals surface area contributed by atoms with Gasteiger partial charge in [-0.25, -0.2) is 4.79 Å². The maximum absolute atomic E-state index is 12.3. The van der Waals surface area contributed by atoms with Gasteiger partial charge in [0.15, 0.2) is 0 Å². The molecule has 0 aromatic heterocycles. The lowest BCUT2D eigenvalue weighted by atomic mass is 9.87. The van der Waals surface area contributed by atoms with E-state index in [1.807, 2.05) is 18.2 Å². The third-order valence-electron chi connectivity index (χ3n) is 3.57. The molecular formula is C19H21NO3. The van der Waals surface area contributed by atoms with Crippen molar-refractivity contribution in [1.82, 2.24) is 0 Å². The predicted molar refractivity (Wildman–Crippen MR) is 88.9 cm³/mol. The number of primary amides is 1. The van der Waals surface area contributed by atoms with E-state index >= 15 is 0 Å². The number of amides is 1. The summed E-state index contributed by atoms with van der Waals surface area (Å²) >= 11 is 0. The van der Waals surface area contributed by atoms with Gasteiger partial charge in [-0.3, -0.25) is 4.79 Å². The fraction of sp³-hybridized carbons (Fsp3) is 0.263. The first-order chi connectivity index (χ1) is 10.8. The highest BCUT2D eigenvalue weighted by molar-refractivity contribution is 5.92. The minimum atomic E-state index is -1.09. The molecule has 0 aliphatic heterocycles. The summed E-state index contributed by atoms with van der Waals surface area (Å²) in [5.74, 6) is -1.27. The molecule has 120 valence electrons. The number of nitrogens with two attached hydrogens (primary N) is 1. The minimum absolute atomic E-state index is 0.00222. The van der Waals surface area contributed by atoms with Crippen LogP contribution in [0.4, 0.5) is 0 Å². The number of rotatable bonds is 4. The van der Waals surface area contributed by atoms with Gasteiger partial charge in [0.1, 0.15) is 0 Å². The quantitative estimate of drug-likeness (QED) is 0.880.